The number of rotatable bonds is 4. The molecular formula is C15H25N3O3. The molecule has 1 fully saturated rings. The molecule has 6 heteroatoms. The lowest BCUT2D eigenvalue weighted by Crippen LogP contribution is -2.41. The molecule has 0 saturated carbocycles. The fourth-order valence-corrected chi connectivity index (χ4v) is 2.92. The number of likely N-dealkylation sites (tertiary alicyclic amines) is 1. The molecule has 1 aliphatic heterocycles. The minimum absolute atomic E-state index is 0.0248. The molecule has 2 heterocycles. The Morgan fingerprint density at radius 3 is 2.76 bits per heavy atom. The van der Waals surface area contributed by atoms with Gasteiger partial charge in [-0.1, -0.05) is 19.0 Å². The molecule has 2 unspecified atom stereocenters. The number of aromatic nitrogens is 1. The second kappa shape index (κ2) is 6.15. The number of likely N-dealkylation sites (N-methyl/N-ethyl adjacent to an activating group) is 1. The quantitative estimate of drug-likeness (QED) is 0.905. The van der Waals surface area contributed by atoms with Crippen LogP contribution in [0, 0.1) is 6.92 Å². The van der Waals surface area contributed by atoms with Crippen LogP contribution in [0.4, 0.5) is 0 Å². The van der Waals surface area contributed by atoms with Gasteiger partial charge in [0.1, 0.15) is 5.56 Å². The van der Waals surface area contributed by atoms with Crippen LogP contribution < -0.4 is 0 Å². The molecule has 0 radical (unpaired) electrons. The first kappa shape index (κ1) is 16.0. The van der Waals surface area contributed by atoms with Crippen molar-refractivity contribution in [2.45, 2.75) is 45.3 Å². The molecule has 0 aromatic carbocycles. The van der Waals surface area contributed by atoms with Gasteiger partial charge in [-0.25, -0.2) is 0 Å². The van der Waals surface area contributed by atoms with E-state index in [1.807, 2.05) is 32.8 Å². The number of hydrogen-bond donors (Lipinski definition) is 1. The molecule has 1 saturated heterocycles. The Bertz CT molecular complexity index is 510. The lowest BCUT2D eigenvalue weighted by Gasteiger charge is -2.27. The van der Waals surface area contributed by atoms with E-state index < -0.39 is 6.10 Å². The summed E-state index contributed by atoms with van der Waals surface area (Å²) in [5.41, 5.74) is 1.18. The molecule has 1 aliphatic rings. The van der Waals surface area contributed by atoms with Crippen molar-refractivity contribution < 1.29 is 14.4 Å². The Hall–Kier alpha value is -1.40. The molecule has 1 aromatic heterocycles. The summed E-state index contributed by atoms with van der Waals surface area (Å²) in [4.78, 5) is 16.7. The van der Waals surface area contributed by atoms with Crippen LogP contribution in [0.3, 0.4) is 0 Å². The fourth-order valence-electron chi connectivity index (χ4n) is 2.92. The molecule has 2 atom stereocenters. The Morgan fingerprint density at radius 2 is 2.19 bits per heavy atom. The van der Waals surface area contributed by atoms with Crippen LogP contribution in [-0.2, 0) is 0 Å². The third kappa shape index (κ3) is 3.27. The van der Waals surface area contributed by atoms with Crippen LogP contribution in [-0.4, -0.2) is 65.3 Å². The van der Waals surface area contributed by atoms with Gasteiger partial charge >= 0.3 is 0 Å². The monoisotopic (exact) mass is 295 g/mol. The van der Waals surface area contributed by atoms with Gasteiger partial charge in [0.25, 0.3) is 5.91 Å². The number of carbonyl (C=O) groups is 1. The van der Waals surface area contributed by atoms with Gasteiger partial charge in [-0.2, -0.15) is 0 Å². The van der Waals surface area contributed by atoms with E-state index in [2.05, 4.69) is 5.16 Å². The number of β-amino-alcohol motifs (C(OH)–C–C–N with tert-alkyl or cyclic N) is 1. The Morgan fingerprint density at radius 1 is 1.52 bits per heavy atom. The van der Waals surface area contributed by atoms with Gasteiger partial charge in [0.05, 0.1) is 11.8 Å². The molecular weight excluding hydrogens is 270 g/mol. The van der Waals surface area contributed by atoms with Crippen molar-refractivity contribution in [2.75, 3.05) is 27.2 Å². The Labute approximate surface area is 125 Å². The molecule has 0 aliphatic carbocycles. The molecule has 118 valence electrons. The smallest absolute Gasteiger partial charge is 0.259 e. The van der Waals surface area contributed by atoms with Gasteiger partial charge in [-0.3, -0.25) is 4.79 Å². The minimum Gasteiger partial charge on any atom is -0.391 e. The van der Waals surface area contributed by atoms with Crippen LogP contribution in [0.5, 0.6) is 0 Å². The Balaban J connectivity index is 2.28. The number of nitrogens with zero attached hydrogens (tertiary/aromatic N) is 3. The summed E-state index contributed by atoms with van der Waals surface area (Å²) in [6, 6.07) is 0.0248. The molecule has 1 N–H and O–H groups in total. The highest BCUT2D eigenvalue weighted by atomic mass is 16.5. The highest BCUT2D eigenvalue weighted by molar-refractivity contribution is 5.96. The van der Waals surface area contributed by atoms with Crippen molar-refractivity contribution >= 4 is 5.91 Å². The lowest BCUT2D eigenvalue weighted by molar-refractivity contribution is 0.0695. The van der Waals surface area contributed by atoms with Crippen LogP contribution in [0.1, 0.15) is 48.0 Å². The first-order chi connectivity index (χ1) is 9.81. The van der Waals surface area contributed by atoms with Gasteiger partial charge in [-0.05, 0) is 27.4 Å². The molecule has 1 aromatic rings. The van der Waals surface area contributed by atoms with E-state index in [1.165, 1.54) is 0 Å². The summed E-state index contributed by atoms with van der Waals surface area (Å²) >= 11 is 0. The van der Waals surface area contributed by atoms with Crippen molar-refractivity contribution in [1.82, 2.24) is 15.0 Å². The van der Waals surface area contributed by atoms with Crippen molar-refractivity contribution in [1.29, 1.82) is 0 Å². The SMILES string of the molecule is Cc1noc(C(C)C)c1C(=O)N1CC(O)CC1CN(C)C. The maximum Gasteiger partial charge on any atom is 0.259 e. The second-order valence-electron chi connectivity index (χ2n) is 6.43. The van der Waals surface area contributed by atoms with Gasteiger partial charge < -0.3 is 19.4 Å². The summed E-state index contributed by atoms with van der Waals surface area (Å²) in [5.74, 6) is 0.647. The normalized spacial score (nSPS) is 22.6. The van der Waals surface area contributed by atoms with Crippen molar-refractivity contribution in [2.24, 2.45) is 0 Å². The average molecular weight is 295 g/mol. The van der Waals surface area contributed by atoms with E-state index in [0.717, 1.165) is 6.54 Å². The van der Waals surface area contributed by atoms with Crippen LogP contribution in [0.25, 0.3) is 0 Å². The number of aliphatic hydroxyl groups excluding tert-OH is 1. The zero-order valence-electron chi connectivity index (χ0n) is 13.5. The summed E-state index contributed by atoms with van der Waals surface area (Å²) in [6.07, 6.45) is 0.159. The van der Waals surface area contributed by atoms with E-state index >= 15 is 0 Å². The van der Waals surface area contributed by atoms with E-state index in [1.54, 1.807) is 11.8 Å². The fraction of sp³-hybridized carbons (Fsp3) is 0.733. The number of amides is 1. The largest absolute Gasteiger partial charge is 0.391 e. The predicted octanol–water partition coefficient (Wildman–Crippen LogP) is 1.24. The molecule has 6 nitrogen and oxygen atoms in total. The number of aliphatic hydroxyl groups is 1. The van der Waals surface area contributed by atoms with E-state index in [9.17, 15) is 9.90 Å². The summed E-state index contributed by atoms with van der Waals surface area (Å²) in [7, 11) is 3.94. The molecule has 1 amide bonds. The van der Waals surface area contributed by atoms with E-state index in [0.29, 0.717) is 30.0 Å². The van der Waals surface area contributed by atoms with Gasteiger partial charge in [0.15, 0.2) is 5.76 Å². The molecule has 2 rings (SSSR count). The van der Waals surface area contributed by atoms with Gasteiger partial charge in [-0.15, -0.1) is 0 Å². The highest BCUT2D eigenvalue weighted by Crippen LogP contribution is 2.27. The summed E-state index contributed by atoms with van der Waals surface area (Å²) < 4.78 is 5.31. The standard InChI is InChI=1S/C15H25N3O3/c1-9(2)14-13(10(3)16-21-14)15(20)18-8-12(19)6-11(18)7-17(4)5/h9,11-12,19H,6-8H2,1-5H3. The van der Waals surface area contributed by atoms with Crippen LogP contribution in [0.15, 0.2) is 4.52 Å². The predicted molar refractivity (Wildman–Crippen MR) is 79.3 cm³/mol. The third-order valence-electron chi connectivity index (χ3n) is 3.86. The molecule has 0 spiro atoms. The van der Waals surface area contributed by atoms with Gasteiger partial charge in [0.2, 0.25) is 0 Å². The van der Waals surface area contributed by atoms with Crippen molar-refractivity contribution in [3.63, 3.8) is 0 Å². The maximum absolute atomic E-state index is 12.9. The second-order valence-corrected chi connectivity index (χ2v) is 6.43. The van der Waals surface area contributed by atoms with Crippen molar-refractivity contribution in [3.05, 3.63) is 17.0 Å². The maximum atomic E-state index is 12.9. The first-order valence-corrected chi connectivity index (χ1v) is 7.41. The zero-order valence-corrected chi connectivity index (χ0v) is 13.5. The lowest BCUT2D eigenvalue weighted by atomic mass is 10.0. The van der Waals surface area contributed by atoms with E-state index in [4.69, 9.17) is 4.52 Å². The van der Waals surface area contributed by atoms with Gasteiger partial charge in [0, 0.05) is 25.0 Å². The summed E-state index contributed by atoms with van der Waals surface area (Å²) in [6.45, 7) is 6.86. The number of aryl methyl sites for hydroxylation is 1. The molecule has 21 heavy (non-hydrogen) atoms. The summed E-state index contributed by atoms with van der Waals surface area (Å²) in [5, 5.41) is 13.9. The van der Waals surface area contributed by atoms with Crippen LogP contribution >= 0.6 is 0 Å². The number of carbonyl (C=O) groups excluding carboxylic acids is 1. The van der Waals surface area contributed by atoms with Crippen molar-refractivity contribution in [3.8, 4) is 0 Å². The van der Waals surface area contributed by atoms with E-state index in [-0.39, 0.29) is 17.9 Å². The highest BCUT2D eigenvalue weighted by Gasteiger charge is 2.37. The average Bonchev–Trinajstić information content (AvgIpc) is 2.91. The first-order valence-electron chi connectivity index (χ1n) is 7.41. The Kier molecular flexibility index (Phi) is 4.68. The third-order valence-corrected chi connectivity index (χ3v) is 3.86. The molecule has 0 bridgehead atoms. The topological polar surface area (TPSA) is 69.8 Å². The zero-order chi connectivity index (χ0) is 15.7. The minimum atomic E-state index is -0.457. The number of hydrogen-bond acceptors (Lipinski definition) is 5. The van der Waals surface area contributed by atoms with Crippen LogP contribution in [0.2, 0.25) is 0 Å².